The molecule has 0 unspecified atom stereocenters. The number of carbonyl (C=O) groups excluding carboxylic acids is 1. The van der Waals surface area contributed by atoms with E-state index in [2.05, 4.69) is 60.7 Å². The van der Waals surface area contributed by atoms with Crippen molar-refractivity contribution in [3.8, 4) is 11.1 Å². The Morgan fingerprint density at radius 2 is 1.80 bits per heavy atom. The van der Waals surface area contributed by atoms with Gasteiger partial charge < -0.3 is 15.1 Å². The van der Waals surface area contributed by atoms with Crippen molar-refractivity contribution in [3.05, 3.63) is 53.6 Å². The number of carbonyl (C=O) groups is 1. The maximum absolute atomic E-state index is 12.5. The lowest BCUT2D eigenvalue weighted by Gasteiger charge is -2.22. The average Bonchev–Trinajstić information content (AvgIpc) is 2.96. The first-order valence-corrected chi connectivity index (χ1v) is 9.00. The zero-order valence-corrected chi connectivity index (χ0v) is 15.4. The Kier molecular flexibility index (Phi) is 5.39. The van der Waals surface area contributed by atoms with Crippen LogP contribution in [0.2, 0.25) is 0 Å². The first-order valence-electron chi connectivity index (χ1n) is 9.00. The molecular weight excluding hydrogens is 310 g/mol. The van der Waals surface area contributed by atoms with Crippen LogP contribution in [0.4, 0.5) is 10.5 Å². The third-order valence-corrected chi connectivity index (χ3v) is 4.75. The van der Waals surface area contributed by atoms with Gasteiger partial charge in [0.15, 0.2) is 0 Å². The molecule has 132 valence electrons. The van der Waals surface area contributed by atoms with Gasteiger partial charge >= 0.3 is 6.03 Å². The number of amides is 2. The number of urea groups is 1. The first kappa shape index (κ1) is 17.5. The molecule has 1 N–H and O–H groups in total. The van der Waals surface area contributed by atoms with Gasteiger partial charge in [-0.15, -0.1) is 0 Å². The summed E-state index contributed by atoms with van der Waals surface area (Å²) in [5, 5.41) is 3.06. The molecule has 0 saturated heterocycles. The Bertz CT molecular complexity index is 755. The molecule has 0 saturated carbocycles. The van der Waals surface area contributed by atoms with Crippen LogP contribution in [0.15, 0.2) is 42.5 Å². The number of fused-ring (bicyclic) bond motifs is 3. The standard InChI is InChI=1S/C21H27N3O/c1-4-24(13-7-12-23(2)3)21(25)22-18-10-11-20-17(15-18)14-16-8-5-6-9-19(16)20/h5-6,8-11,15H,4,7,12-14H2,1-3H3,(H,22,25). The minimum absolute atomic E-state index is 0.0169. The highest BCUT2D eigenvalue weighted by molar-refractivity contribution is 5.90. The lowest BCUT2D eigenvalue weighted by atomic mass is 10.1. The summed E-state index contributed by atoms with van der Waals surface area (Å²) >= 11 is 0. The molecule has 4 nitrogen and oxygen atoms in total. The summed E-state index contributed by atoms with van der Waals surface area (Å²) < 4.78 is 0. The van der Waals surface area contributed by atoms with Crippen molar-refractivity contribution >= 4 is 11.7 Å². The fraction of sp³-hybridized carbons (Fsp3) is 0.381. The van der Waals surface area contributed by atoms with Crippen molar-refractivity contribution in [2.75, 3.05) is 39.0 Å². The minimum Gasteiger partial charge on any atom is -0.325 e. The van der Waals surface area contributed by atoms with Gasteiger partial charge in [0.2, 0.25) is 0 Å². The van der Waals surface area contributed by atoms with E-state index in [1.807, 2.05) is 17.9 Å². The van der Waals surface area contributed by atoms with E-state index in [0.29, 0.717) is 0 Å². The molecule has 0 fully saturated rings. The van der Waals surface area contributed by atoms with Gasteiger partial charge in [-0.1, -0.05) is 30.3 Å². The molecule has 0 aromatic heterocycles. The largest absolute Gasteiger partial charge is 0.325 e. The minimum atomic E-state index is -0.0169. The van der Waals surface area contributed by atoms with Crippen LogP contribution in [0, 0.1) is 0 Å². The van der Waals surface area contributed by atoms with E-state index < -0.39 is 0 Å². The van der Waals surface area contributed by atoms with Gasteiger partial charge in [0.05, 0.1) is 0 Å². The maximum Gasteiger partial charge on any atom is 0.321 e. The summed E-state index contributed by atoms with van der Waals surface area (Å²) in [5.74, 6) is 0. The first-order chi connectivity index (χ1) is 12.1. The average molecular weight is 337 g/mol. The van der Waals surface area contributed by atoms with Crippen molar-refractivity contribution in [2.24, 2.45) is 0 Å². The summed E-state index contributed by atoms with van der Waals surface area (Å²) in [7, 11) is 4.11. The van der Waals surface area contributed by atoms with Gasteiger partial charge in [-0.3, -0.25) is 0 Å². The quantitative estimate of drug-likeness (QED) is 0.736. The molecule has 3 rings (SSSR count). The number of hydrogen-bond donors (Lipinski definition) is 1. The number of nitrogens with one attached hydrogen (secondary N) is 1. The zero-order chi connectivity index (χ0) is 17.8. The topological polar surface area (TPSA) is 35.6 Å². The molecule has 2 aromatic carbocycles. The molecule has 0 spiro atoms. The molecule has 0 atom stereocenters. The number of nitrogens with zero attached hydrogens (tertiary/aromatic N) is 2. The molecule has 25 heavy (non-hydrogen) atoms. The van der Waals surface area contributed by atoms with E-state index in [-0.39, 0.29) is 6.03 Å². The Morgan fingerprint density at radius 3 is 2.56 bits per heavy atom. The lowest BCUT2D eigenvalue weighted by molar-refractivity contribution is 0.211. The molecular formula is C21H27N3O. The van der Waals surface area contributed by atoms with Crippen LogP contribution in [-0.2, 0) is 6.42 Å². The number of anilines is 1. The van der Waals surface area contributed by atoms with E-state index >= 15 is 0 Å². The van der Waals surface area contributed by atoms with Gasteiger partial charge in [-0.2, -0.15) is 0 Å². The van der Waals surface area contributed by atoms with Crippen molar-refractivity contribution in [2.45, 2.75) is 19.8 Å². The Morgan fingerprint density at radius 1 is 1.04 bits per heavy atom. The second-order valence-electron chi connectivity index (χ2n) is 6.87. The normalized spacial score (nSPS) is 12.0. The van der Waals surface area contributed by atoms with Crippen LogP contribution in [0.5, 0.6) is 0 Å². The van der Waals surface area contributed by atoms with Crippen molar-refractivity contribution < 1.29 is 4.79 Å². The second kappa shape index (κ2) is 7.70. The van der Waals surface area contributed by atoms with Crippen LogP contribution < -0.4 is 5.32 Å². The van der Waals surface area contributed by atoms with Gasteiger partial charge in [-0.25, -0.2) is 4.79 Å². The van der Waals surface area contributed by atoms with Crippen LogP contribution in [0.3, 0.4) is 0 Å². The third kappa shape index (κ3) is 4.02. The highest BCUT2D eigenvalue weighted by Crippen LogP contribution is 2.37. The summed E-state index contributed by atoms with van der Waals surface area (Å²) in [6, 6.07) is 14.7. The molecule has 0 heterocycles. The monoisotopic (exact) mass is 337 g/mol. The summed E-state index contributed by atoms with van der Waals surface area (Å²) in [6.45, 7) is 4.50. The lowest BCUT2D eigenvalue weighted by Crippen LogP contribution is -2.36. The Hall–Kier alpha value is -2.33. The zero-order valence-electron chi connectivity index (χ0n) is 15.4. The number of rotatable bonds is 6. The fourth-order valence-corrected chi connectivity index (χ4v) is 3.41. The molecule has 1 aliphatic carbocycles. The van der Waals surface area contributed by atoms with E-state index in [1.54, 1.807) is 0 Å². The predicted octanol–water partition coefficient (Wildman–Crippen LogP) is 4.06. The number of benzene rings is 2. The fourth-order valence-electron chi connectivity index (χ4n) is 3.41. The van der Waals surface area contributed by atoms with Crippen molar-refractivity contribution in [1.29, 1.82) is 0 Å². The second-order valence-corrected chi connectivity index (χ2v) is 6.87. The van der Waals surface area contributed by atoms with Crippen LogP contribution >= 0.6 is 0 Å². The van der Waals surface area contributed by atoms with Gasteiger partial charge in [0, 0.05) is 18.8 Å². The summed E-state index contributed by atoms with van der Waals surface area (Å²) in [5.41, 5.74) is 6.12. The van der Waals surface area contributed by atoms with Gasteiger partial charge in [-0.05, 0) is 74.8 Å². The maximum atomic E-state index is 12.5. The molecule has 4 heteroatoms. The van der Waals surface area contributed by atoms with E-state index in [4.69, 9.17) is 0 Å². The van der Waals surface area contributed by atoms with Crippen molar-refractivity contribution in [3.63, 3.8) is 0 Å². The molecule has 1 aliphatic rings. The summed E-state index contributed by atoms with van der Waals surface area (Å²) in [6.07, 6.45) is 1.92. The molecule has 0 bridgehead atoms. The molecule has 2 amide bonds. The van der Waals surface area contributed by atoms with E-state index in [0.717, 1.165) is 38.2 Å². The SMILES string of the molecule is CCN(CCCN(C)C)C(=O)Nc1ccc2c(c1)Cc1ccccc1-2. The predicted molar refractivity (Wildman–Crippen MR) is 104 cm³/mol. The van der Waals surface area contributed by atoms with E-state index in [1.165, 1.54) is 22.3 Å². The summed E-state index contributed by atoms with van der Waals surface area (Å²) in [4.78, 5) is 16.5. The van der Waals surface area contributed by atoms with E-state index in [9.17, 15) is 4.79 Å². The Balaban J connectivity index is 1.65. The number of hydrogen-bond acceptors (Lipinski definition) is 2. The third-order valence-electron chi connectivity index (χ3n) is 4.75. The Labute approximate surface area is 150 Å². The van der Waals surface area contributed by atoms with Crippen LogP contribution in [-0.4, -0.2) is 49.6 Å². The van der Waals surface area contributed by atoms with Crippen molar-refractivity contribution in [1.82, 2.24) is 9.80 Å². The van der Waals surface area contributed by atoms with Crippen LogP contribution in [0.1, 0.15) is 24.5 Å². The molecule has 0 aliphatic heterocycles. The van der Waals surface area contributed by atoms with Gasteiger partial charge in [0.1, 0.15) is 0 Å². The molecule has 2 aromatic rings. The van der Waals surface area contributed by atoms with Gasteiger partial charge in [0.25, 0.3) is 0 Å². The molecule has 0 radical (unpaired) electrons. The highest BCUT2D eigenvalue weighted by atomic mass is 16.2. The smallest absolute Gasteiger partial charge is 0.321 e. The highest BCUT2D eigenvalue weighted by Gasteiger charge is 2.19. The van der Waals surface area contributed by atoms with Crippen LogP contribution in [0.25, 0.3) is 11.1 Å².